The smallest absolute Gasteiger partial charge is 0.0841 e. The number of rotatable bonds is 3. The lowest BCUT2D eigenvalue weighted by Crippen LogP contribution is -2.34. The minimum atomic E-state index is -0.519. The lowest BCUT2D eigenvalue weighted by molar-refractivity contribution is 0.191. The van der Waals surface area contributed by atoms with Crippen LogP contribution in [-0.4, -0.2) is 24.3 Å². The molecule has 0 bridgehead atoms. The summed E-state index contributed by atoms with van der Waals surface area (Å²) in [6.45, 7) is 4.81. The monoisotopic (exact) mass is 298 g/mol. The van der Waals surface area contributed by atoms with E-state index in [4.69, 9.17) is 5.73 Å². The molecule has 1 unspecified atom stereocenters. The molecule has 1 heterocycles. The summed E-state index contributed by atoms with van der Waals surface area (Å²) in [5.41, 5.74) is 10.6. The second-order valence-electron chi connectivity index (χ2n) is 5.26. The molecule has 0 fully saturated rings. The van der Waals surface area contributed by atoms with Crippen LogP contribution in [0, 0.1) is 0 Å². The number of nitrogens with two attached hydrogens (primary N) is 1. The summed E-state index contributed by atoms with van der Waals surface area (Å²) in [4.78, 5) is 2.20. The number of hydrogen-bond donors (Lipinski definition) is 2. The number of β-amino-alcohol motifs (C(OH)–C–C–N with tert-alkyl or cyclic N) is 1. The zero-order valence-electron chi connectivity index (χ0n) is 13.5. The molecule has 3 N–H and O–H groups in total. The Kier molecular flexibility index (Phi) is 5.99. The fraction of sp³-hybridized carbons (Fsp3) is 0.368. The third kappa shape index (κ3) is 3.49. The van der Waals surface area contributed by atoms with Gasteiger partial charge in [-0.25, -0.2) is 0 Å². The summed E-state index contributed by atoms with van der Waals surface area (Å²) < 4.78 is 0. The minimum absolute atomic E-state index is 0.279. The summed E-state index contributed by atoms with van der Waals surface area (Å²) >= 11 is 0. The Morgan fingerprint density at radius 3 is 1.86 bits per heavy atom. The van der Waals surface area contributed by atoms with Crippen molar-refractivity contribution in [3.8, 4) is 0 Å². The molecule has 0 saturated carbocycles. The van der Waals surface area contributed by atoms with E-state index < -0.39 is 6.10 Å². The molecule has 1 atom stereocenters. The first-order valence-electron chi connectivity index (χ1n) is 8.11. The van der Waals surface area contributed by atoms with Gasteiger partial charge in [0.05, 0.1) is 12.6 Å². The van der Waals surface area contributed by atoms with Crippen molar-refractivity contribution >= 4 is 11.4 Å². The summed E-state index contributed by atoms with van der Waals surface area (Å²) in [6.07, 6.45) is 1.54. The zero-order chi connectivity index (χ0) is 15.9. The molecule has 3 nitrogen and oxygen atoms in total. The summed E-state index contributed by atoms with van der Waals surface area (Å²) in [7, 11) is 0. The molecule has 3 rings (SSSR count). The number of benzene rings is 2. The molecule has 0 aromatic heterocycles. The van der Waals surface area contributed by atoms with Crippen LogP contribution in [0.15, 0.2) is 48.5 Å². The maximum Gasteiger partial charge on any atom is 0.0841 e. The second-order valence-corrected chi connectivity index (χ2v) is 5.26. The summed E-state index contributed by atoms with van der Waals surface area (Å²) in [6, 6.07) is 16.8. The quantitative estimate of drug-likeness (QED) is 0.914. The number of aliphatic hydroxyl groups excluding tert-OH is 1. The standard InChI is InChI=1S/C17H20N2O.C2H6/c18-11-15(20)12-19-16-7-3-1-5-13(16)9-10-14-6-2-4-8-17(14)19;1-2/h1-8,15,20H,9-12,18H2;1-2H3. The number of anilines is 2. The van der Waals surface area contributed by atoms with Gasteiger partial charge in [-0.05, 0) is 36.1 Å². The molecule has 2 aromatic rings. The van der Waals surface area contributed by atoms with E-state index in [0.717, 1.165) is 12.8 Å². The second kappa shape index (κ2) is 7.97. The van der Waals surface area contributed by atoms with Gasteiger partial charge in [0.25, 0.3) is 0 Å². The van der Waals surface area contributed by atoms with Gasteiger partial charge >= 0.3 is 0 Å². The van der Waals surface area contributed by atoms with Gasteiger partial charge in [0.15, 0.2) is 0 Å². The number of fused-ring (bicyclic) bond motifs is 2. The highest BCUT2D eigenvalue weighted by Gasteiger charge is 2.21. The molecule has 118 valence electrons. The van der Waals surface area contributed by atoms with Gasteiger partial charge < -0.3 is 15.7 Å². The third-order valence-electron chi connectivity index (χ3n) is 3.89. The maximum atomic E-state index is 9.99. The Morgan fingerprint density at radius 2 is 1.41 bits per heavy atom. The molecule has 22 heavy (non-hydrogen) atoms. The Labute approximate surface area is 133 Å². The fourth-order valence-corrected chi connectivity index (χ4v) is 2.85. The van der Waals surface area contributed by atoms with Gasteiger partial charge in [0, 0.05) is 17.9 Å². The van der Waals surface area contributed by atoms with Crippen molar-refractivity contribution in [1.82, 2.24) is 0 Å². The van der Waals surface area contributed by atoms with E-state index in [0.29, 0.717) is 6.54 Å². The highest BCUT2D eigenvalue weighted by atomic mass is 16.3. The van der Waals surface area contributed by atoms with Crippen LogP contribution in [0.4, 0.5) is 11.4 Å². The van der Waals surface area contributed by atoms with E-state index >= 15 is 0 Å². The molecule has 0 aliphatic carbocycles. The van der Waals surface area contributed by atoms with Gasteiger partial charge in [-0.15, -0.1) is 0 Å². The van der Waals surface area contributed by atoms with Crippen LogP contribution >= 0.6 is 0 Å². The molecule has 1 aliphatic rings. The van der Waals surface area contributed by atoms with Crippen LogP contribution in [0.3, 0.4) is 0 Å². The number of hydrogen-bond acceptors (Lipinski definition) is 3. The van der Waals surface area contributed by atoms with Gasteiger partial charge in [-0.1, -0.05) is 50.2 Å². The van der Waals surface area contributed by atoms with Gasteiger partial charge in [-0.3, -0.25) is 0 Å². The van der Waals surface area contributed by atoms with Crippen LogP contribution in [0.2, 0.25) is 0 Å². The molecule has 0 saturated heterocycles. The number of aliphatic hydroxyl groups is 1. The SMILES string of the molecule is CC.NCC(O)CN1c2ccccc2CCc2ccccc21. The first-order valence-corrected chi connectivity index (χ1v) is 8.11. The first kappa shape index (κ1) is 16.5. The first-order chi connectivity index (χ1) is 10.8. The van der Waals surface area contributed by atoms with E-state index in [9.17, 15) is 5.11 Å². The zero-order valence-corrected chi connectivity index (χ0v) is 13.5. The Hall–Kier alpha value is -1.84. The Morgan fingerprint density at radius 1 is 0.955 bits per heavy atom. The largest absolute Gasteiger partial charge is 0.390 e. The van der Waals surface area contributed by atoms with Crippen molar-refractivity contribution in [3.05, 3.63) is 59.7 Å². The predicted octanol–water partition coefficient (Wildman–Crippen LogP) is 3.27. The van der Waals surface area contributed by atoms with E-state index in [2.05, 4.69) is 53.4 Å². The van der Waals surface area contributed by atoms with Crippen LogP contribution in [-0.2, 0) is 12.8 Å². The average molecular weight is 298 g/mol. The van der Waals surface area contributed by atoms with Crippen LogP contribution in [0.5, 0.6) is 0 Å². The fourth-order valence-electron chi connectivity index (χ4n) is 2.85. The maximum absolute atomic E-state index is 9.99. The molecule has 3 heteroatoms. The Bertz CT molecular complexity index is 550. The molecular formula is C19H26N2O. The van der Waals surface area contributed by atoms with Crippen LogP contribution in [0.1, 0.15) is 25.0 Å². The molecular weight excluding hydrogens is 272 g/mol. The van der Waals surface area contributed by atoms with E-state index in [-0.39, 0.29) is 6.54 Å². The van der Waals surface area contributed by atoms with Crippen LogP contribution in [0.25, 0.3) is 0 Å². The Balaban J connectivity index is 0.000000847. The predicted molar refractivity (Wildman–Crippen MR) is 93.7 cm³/mol. The summed E-state index contributed by atoms with van der Waals surface area (Å²) in [5, 5.41) is 9.99. The highest BCUT2D eigenvalue weighted by Crippen LogP contribution is 2.35. The molecule has 2 aromatic carbocycles. The van der Waals surface area contributed by atoms with E-state index in [1.807, 2.05) is 13.8 Å². The summed E-state index contributed by atoms with van der Waals surface area (Å²) in [5.74, 6) is 0. The van der Waals surface area contributed by atoms with Crippen molar-refractivity contribution < 1.29 is 5.11 Å². The molecule has 0 spiro atoms. The number of para-hydroxylation sites is 2. The van der Waals surface area contributed by atoms with Crippen molar-refractivity contribution in [2.24, 2.45) is 5.73 Å². The topological polar surface area (TPSA) is 49.5 Å². The highest BCUT2D eigenvalue weighted by molar-refractivity contribution is 5.71. The lowest BCUT2D eigenvalue weighted by atomic mass is 10.0. The van der Waals surface area contributed by atoms with Gasteiger partial charge in [0.1, 0.15) is 0 Å². The lowest BCUT2D eigenvalue weighted by Gasteiger charge is -2.28. The van der Waals surface area contributed by atoms with Crippen molar-refractivity contribution in [2.45, 2.75) is 32.8 Å². The van der Waals surface area contributed by atoms with Gasteiger partial charge in [0.2, 0.25) is 0 Å². The van der Waals surface area contributed by atoms with E-state index in [1.165, 1.54) is 22.5 Å². The average Bonchev–Trinajstić information content (AvgIpc) is 2.74. The van der Waals surface area contributed by atoms with E-state index in [1.54, 1.807) is 0 Å². The van der Waals surface area contributed by atoms with Crippen molar-refractivity contribution in [1.29, 1.82) is 0 Å². The van der Waals surface area contributed by atoms with Crippen LogP contribution < -0.4 is 10.6 Å². The molecule has 1 aliphatic heterocycles. The minimum Gasteiger partial charge on any atom is -0.390 e. The number of nitrogens with zero attached hydrogens (tertiary/aromatic N) is 1. The number of aryl methyl sites for hydroxylation is 2. The van der Waals surface area contributed by atoms with Crippen molar-refractivity contribution in [2.75, 3.05) is 18.0 Å². The molecule has 0 amide bonds. The third-order valence-corrected chi connectivity index (χ3v) is 3.89. The van der Waals surface area contributed by atoms with Crippen molar-refractivity contribution in [3.63, 3.8) is 0 Å². The van der Waals surface area contributed by atoms with Gasteiger partial charge in [-0.2, -0.15) is 0 Å². The molecule has 0 radical (unpaired) electrons. The normalized spacial score (nSPS) is 14.1.